The van der Waals surface area contributed by atoms with Gasteiger partial charge in [-0.3, -0.25) is 0 Å². The third-order valence-corrected chi connectivity index (χ3v) is 3.39. The molecule has 0 aromatic heterocycles. The van der Waals surface area contributed by atoms with Gasteiger partial charge in [0, 0.05) is 6.08 Å². The molecule has 2 atom stereocenters. The Morgan fingerprint density at radius 1 is 1.48 bits per heavy atom. The summed E-state index contributed by atoms with van der Waals surface area (Å²) < 4.78 is 29.8. The van der Waals surface area contributed by atoms with Crippen LogP contribution in [-0.4, -0.2) is 32.4 Å². The Morgan fingerprint density at radius 2 is 2.19 bits per heavy atom. The van der Waals surface area contributed by atoms with Crippen molar-refractivity contribution in [2.24, 2.45) is 0 Å². The molecule has 0 aliphatic rings. The lowest BCUT2D eigenvalue weighted by Crippen LogP contribution is -2.21. The van der Waals surface area contributed by atoms with Gasteiger partial charge in [-0.15, -0.1) is 0 Å². The van der Waals surface area contributed by atoms with Crippen LogP contribution in [0.3, 0.4) is 0 Å². The molecule has 7 heteroatoms. The maximum atomic E-state index is 11.6. The van der Waals surface area contributed by atoms with Gasteiger partial charge in [0.1, 0.15) is 0 Å². The first-order chi connectivity index (χ1) is 9.97. The number of ether oxygens (including phenoxy) is 2. The Labute approximate surface area is 125 Å². The number of hydrogen-bond acceptors (Lipinski definition) is 5. The number of phenols is 1. The van der Waals surface area contributed by atoms with Crippen molar-refractivity contribution in [3.8, 4) is 11.5 Å². The normalized spacial score (nSPS) is 13.9. The number of carbonyl (C=O) groups excluding carboxylic acids is 1. The van der Waals surface area contributed by atoms with Gasteiger partial charge in [-0.2, -0.15) is 0 Å². The zero-order valence-corrected chi connectivity index (χ0v) is 12.6. The molecule has 2 unspecified atom stereocenters. The molecule has 0 bridgehead atoms. The Bertz CT molecular complexity index is 540. The number of aromatic hydroxyl groups is 1. The molecule has 0 aliphatic heterocycles. The first-order valence-electron chi connectivity index (χ1n) is 6.33. The second-order valence-corrected chi connectivity index (χ2v) is 5.27. The Morgan fingerprint density at radius 3 is 2.76 bits per heavy atom. The topological polar surface area (TPSA) is 93.1 Å². The summed E-state index contributed by atoms with van der Waals surface area (Å²) in [6.07, 6.45) is 3.56. The summed E-state index contributed by atoms with van der Waals surface area (Å²) in [5.41, 5.74) is -0.403. The highest BCUT2D eigenvalue weighted by molar-refractivity contribution is 7.79. The van der Waals surface area contributed by atoms with Crippen molar-refractivity contribution in [1.82, 2.24) is 0 Å². The average molecular weight is 314 g/mol. The maximum Gasteiger partial charge on any atom is 0.332 e. The van der Waals surface area contributed by atoms with Crippen molar-refractivity contribution in [3.63, 3.8) is 0 Å². The second-order valence-electron chi connectivity index (χ2n) is 4.20. The molecule has 1 aromatic carbocycles. The van der Waals surface area contributed by atoms with Gasteiger partial charge < -0.3 is 19.1 Å². The maximum absolute atomic E-state index is 11.6. The predicted octanol–water partition coefficient (Wildman–Crippen LogP) is 2.31. The first-order valence-corrected chi connectivity index (χ1v) is 7.50. The Kier molecular flexibility index (Phi) is 6.90. The standard InChI is InChI=1S/C14H18O6S/c1-3-4-14(21(17)18)20-13(16)8-6-10-5-7-11(15)12(9-10)19-2/h5-9,14-15H,3-4H2,1-2H3,(H,17,18). The highest BCUT2D eigenvalue weighted by Gasteiger charge is 2.17. The molecule has 0 radical (unpaired) electrons. The molecule has 0 amide bonds. The van der Waals surface area contributed by atoms with Gasteiger partial charge in [-0.05, 0) is 30.2 Å². The van der Waals surface area contributed by atoms with Crippen molar-refractivity contribution in [2.75, 3.05) is 7.11 Å². The second kappa shape index (κ2) is 8.43. The van der Waals surface area contributed by atoms with E-state index in [2.05, 4.69) is 0 Å². The number of esters is 1. The minimum atomic E-state index is -2.21. The van der Waals surface area contributed by atoms with E-state index in [0.717, 1.165) is 6.08 Å². The fourth-order valence-electron chi connectivity index (χ4n) is 1.57. The lowest BCUT2D eigenvalue weighted by molar-refractivity contribution is -0.139. The molecule has 1 aromatic rings. The molecular formula is C14H18O6S. The minimum Gasteiger partial charge on any atom is -0.504 e. The van der Waals surface area contributed by atoms with Crippen molar-refractivity contribution >= 4 is 23.1 Å². The molecule has 6 nitrogen and oxygen atoms in total. The zero-order valence-electron chi connectivity index (χ0n) is 11.8. The van der Waals surface area contributed by atoms with Crippen LogP contribution in [0.4, 0.5) is 0 Å². The molecule has 0 saturated heterocycles. The van der Waals surface area contributed by atoms with E-state index in [1.807, 2.05) is 6.92 Å². The highest BCUT2D eigenvalue weighted by atomic mass is 32.2. The van der Waals surface area contributed by atoms with Crippen LogP contribution < -0.4 is 4.74 Å². The molecule has 21 heavy (non-hydrogen) atoms. The quantitative estimate of drug-likeness (QED) is 0.456. The fourth-order valence-corrected chi connectivity index (χ4v) is 2.18. The summed E-state index contributed by atoms with van der Waals surface area (Å²) in [6.45, 7) is 1.83. The third-order valence-electron chi connectivity index (χ3n) is 2.61. The summed E-state index contributed by atoms with van der Waals surface area (Å²) in [4.78, 5) is 11.6. The van der Waals surface area contributed by atoms with Gasteiger partial charge >= 0.3 is 5.97 Å². The van der Waals surface area contributed by atoms with E-state index >= 15 is 0 Å². The van der Waals surface area contributed by atoms with E-state index in [1.54, 1.807) is 12.1 Å². The van der Waals surface area contributed by atoms with Crippen molar-refractivity contribution in [2.45, 2.75) is 25.2 Å². The molecular weight excluding hydrogens is 296 g/mol. The first kappa shape index (κ1) is 17.2. The van der Waals surface area contributed by atoms with E-state index in [-0.39, 0.29) is 11.5 Å². The van der Waals surface area contributed by atoms with E-state index in [1.165, 1.54) is 19.3 Å². The van der Waals surface area contributed by atoms with Crippen LogP contribution in [0.15, 0.2) is 24.3 Å². The molecule has 0 fully saturated rings. The number of methoxy groups -OCH3 is 1. The van der Waals surface area contributed by atoms with Gasteiger partial charge in [0.05, 0.1) is 7.11 Å². The monoisotopic (exact) mass is 314 g/mol. The molecule has 1 rings (SSSR count). The fraction of sp³-hybridized carbons (Fsp3) is 0.357. The Hall–Kier alpha value is -1.86. The molecule has 0 aliphatic carbocycles. The van der Waals surface area contributed by atoms with Crippen LogP contribution in [-0.2, 0) is 20.6 Å². The number of carbonyl (C=O) groups is 1. The third kappa shape index (κ3) is 5.57. The van der Waals surface area contributed by atoms with Crippen LogP contribution in [0.1, 0.15) is 25.3 Å². The van der Waals surface area contributed by atoms with Crippen molar-refractivity contribution in [1.29, 1.82) is 0 Å². The highest BCUT2D eigenvalue weighted by Crippen LogP contribution is 2.26. The smallest absolute Gasteiger partial charge is 0.332 e. The molecule has 2 N–H and O–H groups in total. The van der Waals surface area contributed by atoms with E-state index in [9.17, 15) is 14.1 Å². The summed E-state index contributed by atoms with van der Waals surface area (Å²) in [6, 6.07) is 4.58. The summed E-state index contributed by atoms with van der Waals surface area (Å²) in [5.74, 6) is -0.426. The van der Waals surface area contributed by atoms with Gasteiger partial charge in [0.25, 0.3) is 0 Å². The van der Waals surface area contributed by atoms with Crippen LogP contribution >= 0.6 is 0 Å². The Balaban J connectivity index is 2.71. The van der Waals surface area contributed by atoms with Crippen LogP contribution in [0.25, 0.3) is 6.08 Å². The van der Waals surface area contributed by atoms with Gasteiger partial charge in [0.15, 0.2) is 22.6 Å². The van der Waals surface area contributed by atoms with Crippen LogP contribution in [0, 0.1) is 0 Å². The van der Waals surface area contributed by atoms with Crippen LogP contribution in [0.5, 0.6) is 11.5 Å². The largest absolute Gasteiger partial charge is 0.504 e. The van der Waals surface area contributed by atoms with Gasteiger partial charge in [-0.1, -0.05) is 19.4 Å². The van der Waals surface area contributed by atoms with E-state index in [4.69, 9.17) is 14.0 Å². The predicted molar refractivity (Wildman–Crippen MR) is 79.3 cm³/mol. The van der Waals surface area contributed by atoms with Crippen molar-refractivity contribution in [3.05, 3.63) is 29.8 Å². The van der Waals surface area contributed by atoms with Gasteiger partial charge in [0.2, 0.25) is 5.44 Å². The lowest BCUT2D eigenvalue weighted by Gasteiger charge is -2.11. The van der Waals surface area contributed by atoms with E-state index < -0.39 is 22.5 Å². The number of rotatable bonds is 7. The molecule has 0 heterocycles. The number of phenolic OH excluding ortho intramolecular Hbond substituents is 1. The molecule has 0 spiro atoms. The number of hydrogen-bond donors (Lipinski definition) is 2. The zero-order chi connectivity index (χ0) is 15.8. The average Bonchev–Trinajstić information content (AvgIpc) is 2.45. The number of benzene rings is 1. The summed E-state index contributed by atoms with van der Waals surface area (Å²) in [5, 5.41) is 9.45. The van der Waals surface area contributed by atoms with Crippen LogP contribution in [0.2, 0.25) is 0 Å². The summed E-state index contributed by atoms with van der Waals surface area (Å²) in [7, 11) is 1.42. The SMILES string of the molecule is CCCC(OC(=O)C=Cc1ccc(O)c(OC)c1)S(=O)O. The van der Waals surface area contributed by atoms with Gasteiger partial charge in [-0.25, -0.2) is 9.00 Å². The lowest BCUT2D eigenvalue weighted by atomic mass is 10.2. The van der Waals surface area contributed by atoms with Crippen molar-refractivity contribution < 1.29 is 28.1 Å². The summed E-state index contributed by atoms with van der Waals surface area (Å²) >= 11 is -2.21. The van der Waals surface area contributed by atoms with E-state index in [0.29, 0.717) is 18.4 Å². The molecule has 0 saturated carbocycles. The minimum absolute atomic E-state index is 0.00378. The molecule has 116 valence electrons.